The lowest BCUT2D eigenvalue weighted by molar-refractivity contribution is -0.141. The molecule has 138 valence electrons. The second-order valence-corrected chi connectivity index (χ2v) is 7.23. The SMILES string of the molecule is COC(=O)C[C@@H](NC(=O)Cc1ccc2ccccc2c1)c1ccc(Br)cc1. The van der Waals surface area contributed by atoms with Crippen LogP contribution in [0.5, 0.6) is 0 Å². The number of amides is 1. The third kappa shape index (κ3) is 5.17. The Morgan fingerprint density at radius 1 is 1.00 bits per heavy atom. The molecule has 0 spiro atoms. The minimum absolute atomic E-state index is 0.0849. The molecule has 0 radical (unpaired) electrons. The third-order valence-corrected chi connectivity index (χ3v) is 4.91. The van der Waals surface area contributed by atoms with Crippen molar-refractivity contribution in [3.8, 4) is 0 Å². The highest BCUT2D eigenvalue weighted by molar-refractivity contribution is 9.10. The standard InChI is InChI=1S/C22H20BrNO3/c1-27-22(26)14-20(17-8-10-19(23)11-9-17)24-21(25)13-15-6-7-16-4-2-3-5-18(16)12-15/h2-12,20H,13-14H2,1H3,(H,24,25)/t20-/m1/s1. The number of nitrogens with one attached hydrogen (secondary N) is 1. The number of ether oxygens (including phenoxy) is 1. The number of hydrogen-bond acceptors (Lipinski definition) is 3. The fourth-order valence-electron chi connectivity index (χ4n) is 2.98. The van der Waals surface area contributed by atoms with Crippen molar-refractivity contribution in [2.75, 3.05) is 7.11 Å². The lowest BCUT2D eigenvalue weighted by Gasteiger charge is -2.18. The van der Waals surface area contributed by atoms with Crippen LogP contribution in [0.25, 0.3) is 10.8 Å². The maximum atomic E-state index is 12.6. The summed E-state index contributed by atoms with van der Waals surface area (Å²) in [6.07, 6.45) is 0.334. The van der Waals surface area contributed by atoms with Gasteiger partial charge in [0.05, 0.1) is 26.0 Å². The molecular weight excluding hydrogens is 406 g/mol. The van der Waals surface area contributed by atoms with Crippen LogP contribution >= 0.6 is 15.9 Å². The van der Waals surface area contributed by atoms with Gasteiger partial charge in [-0.25, -0.2) is 0 Å². The normalized spacial score (nSPS) is 11.8. The van der Waals surface area contributed by atoms with Crippen molar-refractivity contribution in [3.05, 3.63) is 82.3 Å². The Morgan fingerprint density at radius 3 is 2.41 bits per heavy atom. The lowest BCUT2D eigenvalue weighted by Crippen LogP contribution is -2.31. The molecule has 5 heteroatoms. The molecule has 3 aromatic carbocycles. The Balaban J connectivity index is 1.74. The van der Waals surface area contributed by atoms with E-state index in [0.29, 0.717) is 0 Å². The molecule has 0 bridgehead atoms. The van der Waals surface area contributed by atoms with Crippen molar-refractivity contribution in [1.29, 1.82) is 0 Å². The Morgan fingerprint density at radius 2 is 1.70 bits per heavy atom. The largest absolute Gasteiger partial charge is 0.469 e. The smallest absolute Gasteiger partial charge is 0.307 e. The maximum absolute atomic E-state index is 12.6. The quantitative estimate of drug-likeness (QED) is 0.588. The first-order valence-corrected chi connectivity index (χ1v) is 9.44. The number of hydrogen-bond donors (Lipinski definition) is 1. The zero-order chi connectivity index (χ0) is 19.2. The van der Waals surface area contributed by atoms with Gasteiger partial charge in [0.25, 0.3) is 0 Å². The summed E-state index contributed by atoms with van der Waals surface area (Å²) in [5, 5.41) is 5.20. The highest BCUT2D eigenvalue weighted by Gasteiger charge is 2.19. The number of methoxy groups -OCH3 is 1. The zero-order valence-electron chi connectivity index (χ0n) is 14.9. The van der Waals surface area contributed by atoms with E-state index in [2.05, 4.69) is 21.2 Å². The zero-order valence-corrected chi connectivity index (χ0v) is 16.5. The van der Waals surface area contributed by atoms with Crippen LogP contribution in [0.4, 0.5) is 0 Å². The van der Waals surface area contributed by atoms with Crippen molar-refractivity contribution in [3.63, 3.8) is 0 Å². The van der Waals surface area contributed by atoms with E-state index in [-0.39, 0.29) is 24.7 Å². The van der Waals surface area contributed by atoms with Crippen LogP contribution < -0.4 is 5.32 Å². The predicted octanol–water partition coefficient (Wildman–Crippen LogP) is 4.57. The fraction of sp³-hybridized carbons (Fsp3) is 0.182. The van der Waals surface area contributed by atoms with Crippen LogP contribution in [-0.2, 0) is 20.7 Å². The van der Waals surface area contributed by atoms with E-state index in [0.717, 1.165) is 26.4 Å². The van der Waals surface area contributed by atoms with Gasteiger partial charge in [0.15, 0.2) is 0 Å². The summed E-state index contributed by atoms with van der Waals surface area (Å²) in [6, 6.07) is 21.1. The van der Waals surface area contributed by atoms with Crippen LogP contribution in [0, 0.1) is 0 Å². The summed E-state index contributed by atoms with van der Waals surface area (Å²) in [5.74, 6) is -0.504. The van der Waals surface area contributed by atoms with Gasteiger partial charge in [0, 0.05) is 4.47 Å². The van der Waals surface area contributed by atoms with E-state index in [4.69, 9.17) is 4.74 Å². The van der Waals surface area contributed by atoms with E-state index in [1.807, 2.05) is 66.7 Å². The molecule has 3 rings (SSSR count). The second kappa shape index (κ2) is 8.82. The molecule has 4 nitrogen and oxygen atoms in total. The summed E-state index contributed by atoms with van der Waals surface area (Å²) < 4.78 is 5.71. The summed E-state index contributed by atoms with van der Waals surface area (Å²) >= 11 is 3.39. The van der Waals surface area contributed by atoms with Gasteiger partial charge in [-0.2, -0.15) is 0 Å². The first-order chi connectivity index (χ1) is 13.0. The molecule has 0 saturated heterocycles. The number of esters is 1. The summed E-state index contributed by atoms with van der Waals surface area (Å²) in [7, 11) is 1.35. The van der Waals surface area contributed by atoms with E-state index in [9.17, 15) is 9.59 Å². The Kier molecular flexibility index (Phi) is 6.24. The number of rotatable bonds is 6. The van der Waals surface area contributed by atoms with Gasteiger partial charge >= 0.3 is 5.97 Å². The van der Waals surface area contributed by atoms with E-state index in [1.54, 1.807) is 0 Å². The first-order valence-electron chi connectivity index (χ1n) is 8.64. The van der Waals surface area contributed by atoms with Gasteiger partial charge in [-0.1, -0.05) is 70.5 Å². The Labute approximate surface area is 166 Å². The molecule has 0 aliphatic carbocycles. The first kappa shape index (κ1) is 19.1. The predicted molar refractivity (Wildman–Crippen MR) is 109 cm³/mol. The molecule has 3 aromatic rings. The second-order valence-electron chi connectivity index (χ2n) is 6.31. The van der Waals surface area contributed by atoms with Gasteiger partial charge < -0.3 is 10.1 Å². The van der Waals surface area contributed by atoms with Crippen LogP contribution in [0.2, 0.25) is 0 Å². The van der Waals surface area contributed by atoms with Crippen LogP contribution in [0.15, 0.2) is 71.2 Å². The molecule has 0 fully saturated rings. The van der Waals surface area contributed by atoms with Gasteiger partial charge in [-0.3, -0.25) is 9.59 Å². The topological polar surface area (TPSA) is 55.4 Å². The molecule has 0 saturated carbocycles. The third-order valence-electron chi connectivity index (χ3n) is 4.38. The monoisotopic (exact) mass is 425 g/mol. The molecule has 27 heavy (non-hydrogen) atoms. The van der Waals surface area contributed by atoms with Crippen LogP contribution in [0.3, 0.4) is 0 Å². The highest BCUT2D eigenvalue weighted by atomic mass is 79.9. The summed E-state index contributed by atoms with van der Waals surface area (Å²) in [6.45, 7) is 0. The minimum Gasteiger partial charge on any atom is -0.469 e. The van der Waals surface area contributed by atoms with E-state index in [1.165, 1.54) is 7.11 Å². The van der Waals surface area contributed by atoms with Crippen molar-refractivity contribution in [1.82, 2.24) is 5.32 Å². The van der Waals surface area contributed by atoms with Crippen molar-refractivity contribution in [2.45, 2.75) is 18.9 Å². The minimum atomic E-state index is -0.432. The molecule has 1 amide bonds. The van der Waals surface area contributed by atoms with Gasteiger partial charge in [-0.05, 0) is 34.0 Å². The molecule has 0 heterocycles. The molecule has 0 aliphatic rings. The summed E-state index contributed by atoms with van der Waals surface area (Å²) in [5.41, 5.74) is 1.79. The maximum Gasteiger partial charge on any atom is 0.307 e. The molecule has 0 unspecified atom stereocenters. The molecule has 0 aromatic heterocycles. The Hall–Kier alpha value is -2.66. The molecular formula is C22H20BrNO3. The van der Waals surface area contributed by atoms with Crippen molar-refractivity contribution in [2.24, 2.45) is 0 Å². The number of carbonyl (C=O) groups excluding carboxylic acids is 2. The van der Waals surface area contributed by atoms with E-state index < -0.39 is 6.04 Å². The van der Waals surface area contributed by atoms with Gasteiger partial charge in [-0.15, -0.1) is 0 Å². The number of fused-ring (bicyclic) bond motifs is 1. The van der Waals surface area contributed by atoms with E-state index >= 15 is 0 Å². The molecule has 0 aliphatic heterocycles. The number of halogens is 1. The number of carbonyl (C=O) groups is 2. The van der Waals surface area contributed by atoms with Crippen molar-refractivity contribution >= 4 is 38.6 Å². The highest BCUT2D eigenvalue weighted by Crippen LogP contribution is 2.21. The average Bonchev–Trinajstić information content (AvgIpc) is 2.67. The Bertz CT molecular complexity index is 953. The lowest BCUT2D eigenvalue weighted by atomic mass is 10.0. The molecule has 1 atom stereocenters. The number of benzene rings is 3. The van der Waals surface area contributed by atoms with Gasteiger partial charge in [0.2, 0.25) is 5.91 Å². The van der Waals surface area contributed by atoms with Crippen molar-refractivity contribution < 1.29 is 14.3 Å². The molecule has 1 N–H and O–H groups in total. The average molecular weight is 426 g/mol. The van der Waals surface area contributed by atoms with Crippen LogP contribution in [0.1, 0.15) is 23.6 Å². The fourth-order valence-corrected chi connectivity index (χ4v) is 3.24. The summed E-state index contributed by atoms with van der Waals surface area (Å²) in [4.78, 5) is 24.4. The van der Waals surface area contributed by atoms with Gasteiger partial charge in [0.1, 0.15) is 0 Å². The van der Waals surface area contributed by atoms with Crippen LogP contribution in [-0.4, -0.2) is 19.0 Å².